The molecule has 0 aliphatic heterocycles. The minimum absolute atomic E-state index is 0.702. The molecule has 2 aromatic rings. The van der Waals surface area contributed by atoms with E-state index in [4.69, 9.17) is 4.74 Å². The van der Waals surface area contributed by atoms with Crippen LogP contribution in [0, 0.1) is 5.92 Å². The Morgan fingerprint density at radius 2 is 1.52 bits per heavy atom. The molecule has 0 radical (unpaired) electrons. The van der Waals surface area contributed by atoms with Crippen molar-refractivity contribution in [1.29, 1.82) is 0 Å². The number of ether oxygens (including phenoxy) is 1. The van der Waals surface area contributed by atoms with Gasteiger partial charge in [-0.2, -0.15) is 0 Å². The van der Waals surface area contributed by atoms with Gasteiger partial charge in [0.25, 0.3) is 0 Å². The van der Waals surface area contributed by atoms with Crippen LogP contribution in [0.15, 0.2) is 60.7 Å². The Hall–Kier alpha value is -1.86. The van der Waals surface area contributed by atoms with Gasteiger partial charge < -0.3 is 4.74 Å². The maximum atomic E-state index is 5.48. The molecule has 1 aliphatic rings. The van der Waals surface area contributed by atoms with Gasteiger partial charge in [0.15, 0.2) is 0 Å². The Balaban J connectivity index is 1.54. The summed E-state index contributed by atoms with van der Waals surface area (Å²) in [5.41, 5.74) is 5.36. The summed E-state index contributed by atoms with van der Waals surface area (Å²) < 4.78 is 5.48. The molecule has 0 amide bonds. The predicted octanol–water partition coefficient (Wildman–Crippen LogP) is 7.52. The Morgan fingerprint density at radius 3 is 2.11 bits per heavy atom. The van der Waals surface area contributed by atoms with E-state index in [1.165, 1.54) is 60.8 Å². The molecule has 1 aliphatic carbocycles. The first-order valence-corrected chi connectivity index (χ1v) is 10.7. The average molecular weight is 363 g/mol. The summed E-state index contributed by atoms with van der Waals surface area (Å²) in [7, 11) is 0. The molecule has 0 unspecified atom stereocenters. The minimum Gasteiger partial charge on any atom is -0.377 e. The van der Waals surface area contributed by atoms with Gasteiger partial charge in [0, 0.05) is 6.61 Å². The lowest BCUT2D eigenvalue weighted by molar-refractivity contribution is 0.134. The second-order valence-corrected chi connectivity index (χ2v) is 7.82. The summed E-state index contributed by atoms with van der Waals surface area (Å²) >= 11 is 0. The van der Waals surface area contributed by atoms with E-state index in [2.05, 4.69) is 67.6 Å². The van der Waals surface area contributed by atoms with Crippen LogP contribution in [-0.2, 0) is 11.3 Å². The summed E-state index contributed by atoms with van der Waals surface area (Å²) in [6.45, 7) is 5.62. The Morgan fingerprint density at radius 1 is 0.889 bits per heavy atom. The predicted molar refractivity (Wildman–Crippen MR) is 116 cm³/mol. The highest BCUT2D eigenvalue weighted by Crippen LogP contribution is 2.38. The lowest BCUT2D eigenvalue weighted by atomic mass is 9.77. The monoisotopic (exact) mass is 362 g/mol. The van der Waals surface area contributed by atoms with Crippen molar-refractivity contribution in [2.24, 2.45) is 5.92 Å². The Labute approximate surface area is 165 Å². The molecule has 144 valence electrons. The van der Waals surface area contributed by atoms with Crippen molar-refractivity contribution in [1.82, 2.24) is 0 Å². The zero-order valence-corrected chi connectivity index (χ0v) is 17.0. The molecule has 27 heavy (non-hydrogen) atoms. The highest BCUT2D eigenvalue weighted by molar-refractivity contribution is 5.64. The minimum atomic E-state index is 0.702. The van der Waals surface area contributed by atoms with Crippen LogP contribution in [0.5, 0.6) is 0 Å². The molecule has 0 bridgehead atoms. The smallest absolute Gasteiger partial charge is 0.0716 e. The second kappa shape index (κ2) is 10.5. The summed E-state index contributed by atoms with van der Waals surface area (Å²) in [6, 6.07) is 18.1. The highest BCUT2D eigenvalue weighted by atomic mass is 16.5. The number of allylic oxidation sites excluding steroid dienone is 2. The molecule has 0 aromatic heterocycles. The zero-order valence-electron chi connectivity index (χ0n) is 17.0. The lowest BCUT2D eigenvalue weighted by Gasteiger charge is -2.28. The van der Waals surface area contributed by atoms with Gasteiger partial charge in [0.2, 0.25) is 0 Å². The van der Waals surface area contributed by atoms with E-state index >= 15 is 0 Å². The molecule has 3 rings (SSSR count). The lowest BCUT2D eigenvalue weighted by Crippen LogP contribution is -2.13. The fourth-order valence-electron chi connectivity index (χ4n) is 4.24. The first-order valence-electron chi connectivity index (χ1n) is 10.7. The van der Waals surface area contributed by atoms with Crippen molar-refractivity contribution in [2.75, 3.05) is 6.61 Å². The van der Waals surface area contributed by atoms with Crippen LogP contribution in [-0.4, -0.2) is 6.61 Å². The number of hydrogen-bond acceptors (Lipinski definition) is 1. The van der Waals surface area contributed by atoms with Gasteiger partial charge in [-0.1, -0.05) is 60.7 Å². The number of rotatable bonds is 8. The fourth-order valence-corrected chi connectivity index (χ4v) is 4.24. The number of benzene rings is 2. The maximum absolute atomic E-state index is 5.48. The third kappa shape index (κ3) is 5.81. The largest absolute Gasteiger partial charge is 0.377 e. The molecule has 1 nitrogen and oxygen atoms in total. The molecule has 1 fully saturated rings. The van der Waals surface area contributed by atoms with Crippen LogP contribution in [0.4, 0.5) is 0 Å². The molecule has 0 N–H and O–H groups in total. The molecule has 0 saturated heterocycles. The molecule has 0 atom stereocenters. The molecular weight excluding hydrogens is 328 g/mol. The topological polar surface area (TPSA) is 9.23 Å². The average Bonchev–Trinajstić information content (AvgIpc) is 2.73. The van der Waals surface area contributed by atoms with Crippen LogP contribution in [0.25, 0.3) is 11.1 Å². The van der Waals surface area contributed by atoms with E-state index in [0.717, 1.165) is 18.4 Å². The van der Waals surface area contributed by atoms with Gasteiger partial charge in [-0.15, -0.1) is 0 Å². The van der Waals surface area contributed by atoms with Crippen LogP contribution in [0.2, 0.25) is 0 Å². The zero-order chi connectivity index (χ0) is 18.9. The third-order valence-corrected chi connectivity index (χ3v) is 5.97. The van der Waals surface area contributed by atoms with Gasteiger partial charge in [0.1, 0.15) is 0 Å². The quantitative estimate of drug-likeness (QED) is 0.441. The van der Waals surface area contributed by atoms with Gasteiger partial charge in [-0.05, 0) is 86.5 Å². The van der Waals surface area contributed by atoms with E-state index in [1.807, 2.05) is 6.92 Å². The van der Waals surface area contributed by atoms with Crippen molar-refractivity contribution in [3.05, 3.63) is 71.8 Å². The molecule has 1 heteroatoms. The van der Waals surface area contributed by atoms with Crippen molar-refractivity contribution in [3.8, 4) is 11.1 Å². The normalized spacial score (nSPS) is 20.2. The van der Waals surface area contributed by atoms with Crippen LogP contribution >= 0.6 is 0 Å². The Bertz CT molecular complexity index is 688. The van der Waals surface area contributed by atoms with E-state index in [-0.39, 0.29) is 0 Å². The van der Waals surface area contributed by atoms with Gasteiger partial charge >= 0.3 is 0 Å². The summed E-state index contributed by atoms with van der Waals surface area (Å²) in [5.74, 6) is 1.69. The van der Waals surface area contributed by atoms with Crippen molar-refractivity contribution < 1.29 is 4.74 Å². The van der Waals surface area contributed by atoms with Crippen molar-refractivity contribution in [2.45, 2.75) is 64.9 Å². The first-order chi connectivity index (χ1) is 13.3. The van der Waals surface area contributed by atoms with Gasteiger partial charge in [0.05, 0.1) is 6.61 Å². The van der Waals surface area contributed by atoms with Gasteiger partial charge in [-0.25, -0.2) is 0 Å². The summed E-state index contributed by atoms with van der Waals surface area (Å²) in [4.78, 5) is 0. The first kappa shape index (κ1) is 19.9. The molecule has 1 saturated carbocycles. The summed E-state index contributed by atoms with van der Waals surface area (Å²) in [6.07, 6.45) is 12.6. The van der Waals surface area contributed by atoms with E-state index in [0.29, 0.717) is 6.61 Å². The van der Waals surface area contributed by atoms with Crippen molar-refractivity contribution >= 4 is 0 Å². The standard InChI is InChI=1S/C26H34O/c1-3-5-6-7-21-8-12-23(13-9-21)25-16-18-26(19-17-25)24-14-10-22(11-15-24)20-27-4-2/h3,5,10-11,14-19,21,23H,4,6-9,12-13,20H2,1-2H3/b5-3+. The molecular formula is C26H34O. The molecule has 0 heterocycles. The van der Waals surface area contributed by atoms with E-state index in [1.54, 1.807) is 0 Å². The van der Waals surface area contributed by atoms with E-state index < -0.39 is 0 Å². The maximum Gasteiger partial charge on any atom is 0.0716 e. The summed E-state index contributed by atoms with van der Waals surface area (Å²) in [5, 5.41) is 0. The SMILES string of the molecule is C/C=C/CCC1CCC(c2ccc(-c3ccc(COCC)cc3)cc2)CC1. The Kier molecular flexibility index (Phi) is 7.71. The molecule has 2 aromatic carbocycles. The van der Waals surface area contributed by atoms with Gasteiger partial charge in [-0.3, -0.25) is 0 Å². The third-order valence-electron chi connectivity index (χ3n) is 5.97. The fraction of sp³-hybridized carbons (Fsp3) is 0.462. The van der Waals surface area contributed by atoms with Crippen molar-refractivity contribution in [3.63, 3.8) is 0 Å². The van der Waals surface area contributed by atoms with Crippen LogP contribution in [0.1, 0.15) is 69.4 Å². The highest BCUT2D eigenvalue weighted by Gasteiger charge is 2.21. The van der Waals surface area contributed by atoms with E-state index in [9.17, 15) is 0 Å². The second-order valence-electron chi connectivity index (χ2n) is 7.82. The van der Waals surface area contributed by atoms with Crippen LogP contribution in [0.3, 0.4) is 0 Å². The number of hydrogen-bond donors (Lipinski definition) is 0. The molecule has 0 spiro atoms. The van der Waals surface area contributed by atoms with Crippen LogP contribution < -0.4 is 0 Å².